The van der Waals surface area contributed by atoms with E-state index in [1.54, 1.807) is 4.90 Å². The molecule has 92 valence electrons. The van der Waals surface area contributed by atoms with E-state index in [-0.39, 0.29) is 18.7 Å². The molecule has 1 aromatic carbocycles. The van der Waals surface area contributed by atoms with Crippen molar-refractivity contribution in [1.82, 2.24) is 4.90 Å². The molecule has 0 saturated carbocycles. The third-order valence-corrected chi connectivity index (χ3v) is 2.76. The fourth-order valence-electron chi connectivity index (χ4n) is 1.60. The zero-order chi connectivity index (χ0) is 12.4. The number of hydrogen-bond acceptors (Lipinski definition) is 2. The Balaban J connectivity index is 1.91. The van der Waals surface area contributed by atoms with Crippen LogP contribution in [0.25, 0.3) is 0 Å². The molecule has 1 fully saturated rings. The Bertz CT molecular complexity index is 433. The van der Waals surface area contributed by atoms with Gasteiger partial charge in [-0.3, -0.25) is 4.79 Å². The molecule has 1 aliphatic rings. The van der Waals surface area contributed by atoms with Crippen LogP contribution in [-0.2, 0) is 4.79 Å². The predicted octanol–water partition coefficient (Wildman–Crippen LogP) is 1.62. The minimum absolute atomic E-state index is 0.00775. The lowest BCUT2D eigenvalue weighted by Gasteiger charge is -2.10. The second-order valence-electron chi connectivity index (χ2n) is 4.11. The highest BCUT2D eigenvalue weighted by Gasteiger charge is 2.24. The maximum atomic E-state index is 12.9. The SMILES string of the molecule is O=C(CCC(O)c1ccc(F)c(F)c1)N1CC1. The van der Waals surface area contributed by atoms with Gasteiger partial charge in [0.15, 0.2) is 11.6 Å². The lowest BCUT2D eigenvalue weighted by Crippen LogP contribution is -2.11. The first-order chi connectivity index (χ1) is 8.08. The fraction of sp³-hybridized carbons (Fsp3) is 0.417. The molecular weight excluding hydrogens is 228 g/mol. The Morgan fingerprint density at radius 2 is 2.06 bits per heavy atom. The Morgan fingerprint density at radius 3 is 2.65 bits per heavy atom. The van der Waals surface area contributed by atoms with Gasteiger partial charge < -0.3 is 10.0 Å². The lowest BCUT2D eigenvalue weighted by molar-refractivity contribution is -0.126. The van der Waals surface area contributed by atoms with E-state index in [9.17, 15) is 18.7 Å². The van der Waals surface area contributed by atoms with Gasteiger partial charge in [-0.2, -0.15) is 0 Å². The molecule has 0 aliphatic carbocycles. The van der Waals surface area contributed by atoms with Gasteiger partial charge in [-0.05, 0) is 24.1 Å². The maximum Gasteiger partial charge on any atom is 0.222 e. The largest absolute Gasteiger partial charge is 0.388 e. The summed E-state index contributed by atoms with van der Waals surface area (Å²) >= 11 is 0. The van der Waals surface area contributed by atoms with Crippen molar-refractivity contribution in [3.05, 3.63) is 35.4 Å². The summed E-state index contributed by atoms with van der Waals surface area (Å²) in [5.74, 6) is -1.94. The number of carbonyl (C=O) groups is 1. The normalized spacial score (nSPS) is 15.8. The lowest BCUT2D eigenvalue weighted by atomic mass is 10.0. The van der Waals surface area contributed by atoms with Gasteiger partial charge in [0.25, 0.3) is 0 Å². The van der Waals surface area contributed by atoms with Crippen LogP contribution in [0.4, 0.5) is 8.78 Å². The molecule has 1 amide bonds. The Morgan fingerprint density at radius 1 is 1.35 bits per heavy atom. The van der Waals surface area contributed by atoms with Crippen LogP contribution in [-0.4, -0.2) is 29.0 Å². The van der Waals surface area contributed by atoms with Crippen LogP contribution in [0.1, 0.15) is 24.5 Å². The third kappa shape index (κ3) is 3.00. The Kier molecular flexibility index (Phi) is 3.38. The van der Waals surface area contributed by atoms with Gasteiger partial charge in [0.2, 0.25) is 5.91 Å². The smallest absolute Gasteiger partial charge is 0.222 e. The summed E-state index contributed by atoms with van der Waals surface area (Å²) in [7, 11) is 0. The molecule has 1 unspecified atom stereocenters. The number of hydrogen-bond donors (Lipinski definition) is 1. The first-order valence-corrected chi connectivity index (χ1v) is 5.48. The highest BCUT2D eigenvalue weighted by Crippen LogP contribution is 2.21. The second kappa shape index (κ2) is 4.79. The molecule has 0 aromatic heterocycles. The van der Waals surface area contributed by atoms with Gasteiger partial charge in [0, 0.05) is 19.5 Å². The topological polar surface area (TPSA) is 40.3 Å². The average Bonchev–Trinajstić information content (AvgIpc) is 3.13. The van der Waals surface area contributed by atoms with Gasteiger partial charge in [-0.1, -0.05) is 6.07 Å². The molecular formula is C12H13F2NO2. The molecule has 5 heteroatoms. The van der Waals surface area contributed by atoms with E-state index >= 15 is 0 Å². The molecule has 3 nitrogen and oxygen atoms in total. The van der Waals surface area contributed by atoms with E-state index in [4.69, 9.17) is 0 Å². The number of aliphatic hydroxyl groups is 1. The van der Waals surface area contributed by atoms with E-state index in [2.05, 4.69) is 0 Å². The highest BCUT2D eigenvalue weighted by molar-refractivity contribution is 5.78. The van der Waals surface area contributed by atoms with Crippen molar-refractivity contribution >= 4 is 5.91 Å². The number of halogens is 2. The van der Waals surface area contributed by atoms with Crippen molar-refractivity contribution in [2.24, 2.45) is 0 Å². The minimum atomic E-state index is -0.987. The van der Waals surface area contributed by atoms with Crippen LogP contribution < -0.4 is 0 Å². The molecule has 0 spiro atoms. The van der Waals surface area contributed by atoms with E-state index in [0.29, 0.717) is 5.56 Å². The van der Waals surface area contributed by atoms with Crippen molar-refractivity contribution in [2.45, 2.75) is 18.9 Å². The molecule has 1 N–H and O–H groups in total. The number of amides is 1. The van der Waals surface area contributed by atoms with E-state index in [1.807, 2.05) is 0 Å². The molecule has 1 heterocycles. The molecule has 1 aromatic rings. The summed E-state index contributed by atoms with van der Waals surface area (Å²) in [5, 5.41) is 9.73. The fourth-order valence-corrected chi connectivity index (χ4v) is 1.60. The summed E-state index contributed by atoms with van der Waals surface area (Å²) in [5.41, 5.74) is 0.294. The van der Waals surface area contributed by atoms with Crippen LogP contribution in [0.15, 0.2) is 18.2 Å². The molecule has 17 heavy (non-hydrogen) atoms. The predicted molar refractivity (Wildman–Crippen MR) is 57.1 cm³/mol. The number of carbonyl (C=O) groups excluding carboxylic acids is 1. The number of nitrogens with zero attached hydrogens (tertiary/aromatic N) is 1. The van der Waals surface area contributed by atoms with Crippen LogP contribution in [0.3, 0.4) is 0 Å². The second-order valence-corrected chi connectivity index (χ2v) is 4.11. The Labute approximate surface area is 97.7 Å². The van der Waals surface area contributed by atoms with Gasteiger partial charge >= 0.3 is 0 Å². The number of rotatable bonds is 4. The summed E-state index contributed by atoms with van der Waals surface area (Å²) in [6.07, 6.45) is -0.491. The van der Waals surface area contributed by atoms with E-state index in [0.717, 1.165) is 25.2 Å². The van der Waals surface area contributed by atoms with Gasteiger partial charge in [-0.15, -0.1) is 0 Å². The molecule has 0 radical (unpaired) electrons. The van der Waals surface area contributed by atoms with Gasteiger partial charge in [0.1, 0.15) is 0 Å². The standard InChI is InChI=1S/C12H13F2NO2/c13-9-2-1-8(7-10(9)14)11(16)3-4-12(17)15-5-6-15/h1-2,7,11,16H,3-6H2. The van der Waals surface area contributed by atoms with Crippen molar-refractivity contribution in [3.63, 3.8) is 0 Å². The monoisotopic (exact) mass is 241 g/mol. The zero-order valence-corrected chi connectivity index (χ0v) is 9.20. The average molecular weight is 241 g/mol. The zero-order valence-electron chi connectivity index (χ0n) is 9.20. The summed E-state index contributed by atoms with van der Waals surface area (Å²) in [4.78, 5) is 13.0. The van der Waals surface area contributed by atoms with Crippen molar-refractivity contribution in [3.8, 4) is 0 Å². The molecule has 2 rings (SSSR count). The van der Waals surface area contributed by atoms with Crippen molar-refractivity contribution in [2.75, 3.05) is 13.1 Å². The van der Waals surface area contributed by atoms with Crippen LogP contribution in [0.5, 0.6) is 0 Å². The van der Waals surface area contributed by atoms with Crippen LogP contribution in [0, 0.1) is 11.6 Å². The molecule has 1 aliphatic heterocycles. The van der Waals surface area contributed by atoms with Gasteiger partial charge in [-0.25, -0.2) is 8.78 Å². The third-order valence-electron chi connectivity index (χ3n) is 2.76. The highest BCUT2D eigenvalue weighted by atomic mass is 19.2. The van der Waals surface area contributed by atoms with Gasteiger partial charge in [0.05, 0.1) is 6.10 Å². The first kappa shape index (κ1) is 12.0. The van der Waals surface area contributed by atoms with Crippen molar-refractivity contribution in [1.29, 1.82) is 0 Å². The van der Waals surface area contributed by atoms with Crippen LogP contribution >= 0.6 is 0 Å². The quantitative estimate of drug-likeness (QED) is 0.814. The molecule has 0 bridgehead atoms. The van der Waals surface area contributed by atoms with Crippen LogP contribution in [0.2, 0.25) is 0 Å². The molecule has 1 atom stereocenters. The molecule has 1 saturated heterocycles. The Hall–Kier alpha value is -1.49. The number of aliphatic hydroxyl groups excluding tert-OH is 1. The maximum absolute atomic E-state index is 12.9. The van der Waals surface area contributed by atoms with E-state index in [1.165, 1.54) is 6.07 Å². The summed E-state index contributed by atoms with van der Waals surface area (Å²) in [6, 6.07) is 3.26. The summed E-state index contributed by atoms with van der Waals surface area (Å²) in [6.45, 7) is 1.56. The summed E-state index contributed by atoms with van der Waals surface area (Å²) < 4.78 is 25.6. The minimum Gasteiger partial charge on any atom is -0.388 e. The number of benzene rings is 1. The van der Waals surface area contributed by atoms with Crippen molar-refractivity contribution < 1.29 is 18.7 Å². The first-order valence-electron chi connectivity index (χ1n) is 5.48. The van der Waals surface area contributed by atoms with E-state index < -0.39 is 17.7 Å².